The molecule has 1 heterocycles. The highest BCUT2D eigenvalue weighted by Crippen LogP contribution is 2.33. The number of hydrogen-bond donors (Lipinski definition) is 0. The number of carbonyl (C=O) groups excluding carboxylic acids is 1. The average molecular weight is 209 g/mol. The van der Waals surface area contributed by atoms with Gasteiger partial charge in [0.25, 0.3) is 0 Å². The topological polar surface area (TPSA) is 20.3 Å². The molecular formula is C9H14F3NO. The highest BCUT2D eigenvalue weighted by Gasteiger charge is 2.40. The molecule has 0 unspecified atom stereocenters. The van der Waals surface area contributed by atoms with Gasteiger partial charge in [0.1, 0.15) is 5.78 Å². The maximum Gasteiger partial charge on any atom is 0.391 e. The van der Waals surface area contributed by atoms with Crippen LogP contribution < -0.4 is 0 Å². The second kappa shape index (κ2) is 4.29. The predicted octanol–water partition coefficient (Wildman–Crippen LogP) is 1.85. The molecule has 0 bridgehead atoms. The van der Waals surface area contributed by atoms with Crippen LogP contribution in [0.5, 0.6) is 0 Å². The zero-order valence-electron chi connectivity index (χ0n) is 8.10. The Bertz CT molecular complexity index is 207. The van der Waals surface area contributed by atoms with Gasteiger partial charge in [0.2, 0.25) is 0 Å². The SMILES string of the molecule is CC(=O)CN1CCC(C(F)(F)F)CC1. The van der Waals surface area contributed by atoms with Crippen LogP contribution in [0.1, 0.15) is 19.8 Å². The molecule has 1 aliphatic heterocycles. The van der Waals surface area contributed by atoms with E-state index in [1.54, 1.807) is 4.90 Å². The standard InChI is InChI=1S/C9H14F3NO/c1-7(14)6-13-4-2-8(3-5-13)9(10,11)12/h8H,2-6H2,1H3. The van der Waals surface area contributed by atoms with Crippen molar-refractivity contribution < 1.29 is 18.0 Å². The van der Waals surface area contributed by atoms with Crippen molar-refractivity contribution in [3.05, 3.63) is 0 Å². The van der Waals surface area contributed by atoms with Crippen molar-refractivity contribution in [1.29, 1.82) is 0 Å². The van der Waals surface area contributed by atoms with E-state index in [1.165, 1.54) is 6.92 Å². The van der Waals surface area contributed by atoms with Gasteiger partial charge >= 0.3 is 6.18 Å². The van der Waals surface area contributed by atoms with Crippen LogP contribution in [0.15, 0.2) is 0 Å². The lowest BCUT2D eigenvalue weighted by Gasteiger charge is -2.32. The molecule has 0 aromatic rings. The molecule has 0 spiro atoms. The predicted molar refractivity (Wildman–Crippen MR) is 45.9 cm³/mol. The molecule has 82 valence electrons. The van der Waals surface area contributed by atoms with Gasteiger partial charge in [0.15, 0.2) is 0 Å². The Morgan fingerprint density at radius 1 is 1.36 bits per heavy atom. The molecule has 0 saturated carbocycles. The summed E-state index contributed by atoms with van der Waals surface area (Å²) in [5, 5.41) is 0. The number of ketones is 1. The molecule has 14 heavy (non-hydrogen) atoms. The van der Waals surface area contributed by atoms with Crippen molar-refractivity contribution in [2.45, 2.75) is 25.9 Å². The zero-order valence-corrected chi connectivity index (χ0v) is 8.10. The van der Waals surface area contributed by atoms with Crippen molar-refractivity contribution in [2.24, 2.45) is 5.92 Å². The summed E-state index contributed by atoms with van der Waals surface area (Å²) in [7, 11) is 0. The monoisotopic (exact) mass is 209 g/mol. The fraction of sp³-hybridized carbons (Fsp3) is 0.889. The molecule has 1 saturated heterocycles. The Morgan fingerprint density at radius 2 is 1.86 bits per heavy atom. The van der Waals surface area contributed by atoms with Crippen LogP contribution in [0.3, 0.4) is 0 Å². The minimum atomic E-state index is -4.07. The van der Waals surface area contributed by atoms with Crippen molar-refractivity contribution in [2.75, 3.05) is 19.6 Å². The van der Waals surface area contributed by atoms with Crippen LogP contribution in [0.4, 0.5) is 13.2 Å². The first kappa shape index (κ1) is 11.5. The molecule has 2 nitrogen and oxygen atoms in total. The number of rotatable bonds is 2. The van der Waals surface area contributed by atoms with Crippen LogP contribution in [0.25, 0.3) is 0 Å². The van der Waals surface area contributed by atoms with Crippen molar-refractivity contribution in [3.63, 3.8) is 0 Å². The van der Waals surface area contributed by atoms with Gasteiger partial charge in [-0.2, -0.15) is 13.2 Å². The lowest BCUT2D eigenvalue weighted by Crippen LogP contribution is -2.40. The Morgan fingerprint density at radius 3 is 2.21 bits per heavy atom. The molecule has 0 amide bonds. The van der Waals surface area contributed by atoms with E-state index in [-0.39, 0.29) is 25.2 Å². The molecule has 0 N–H and O–H groups in total. The molecule has 1 rings (SSSR count). The second-order valence-electron chi connectivity index (χ2n) is 3.79. The quantitative estimate of drug-likeness (QED) is 0.691. The van der Waals surface area contributed by atoms with E-state index in [0.717, 1.165) is 0 Å². The second-order valence-corrected chi connectivity index (χ2v) is 3.79. The number of nitrogens with zero attached hydrogens (tertiary/aromatic N) is 1. The number of hydrogen-bond acceptors (Lipinski definition) is 2. The molecular weight excluding hydrogens is 195 g/mol. The first-order valence-electron chi connectivity index (χ1n) is 4.68. The van der Waals surface area contributed by atoms with E-state index in [1.807, 2.05) is 0 Å². The van der Waals surface area contributed by atoms with E-state index >= 15 is 0 Å². The Hall–Kier alpha value is -0.580. The van der Waals surface area contributed by atoms with Gasteiger partial charge in [-0.1, -0.05) is 0 Å². The van der Waals surface area contributed by atoms with Crippen molar-refractivity contribution in [1.82, 2.24) is 4.90 Å². The van der Waals surface area contributed by atoms with Gasteiger partial charge in [0, 0.05) is 0 Å². The lowest BCUT2D eigenvalue weighted by atomic mass is 9.96. The Labute approximate surface area is 81.1 Å². The molecule has 0 aliphatic carbocycles. The summed E-state index contributed by atoms with van der Waals surface area (Å²) in [5.74, 6) is -1.17. The number of Topliss-reactive ketones (excluding diaryl/α,β-unsaturated/α-hetero) is 1. The molecule has 0 aromatic heterocycles. The lowest BCUT2D eigenvalue weighted by molar-refractivity contribution is -0.184. The third-order valence-corrected chi connectivity index (χ3v) is 2.50. The molecule has 0 atom stereocenters. The van der Waals surface area contributed by atoms with Crippen LogP contribution in [0, 0.1) is 5.92 Å². The van der Waals surface area contributed by atoms with Gasteiger partial charge in [0.05, 0.1) is 12.5 Å². The van der Waals surface area contributed by atoms with E-state index in [4.69, 9.17) is 0 Å². The number of alkyl halides is 3. The van der Waals surface area contributed by atoms with E-state index in [9.17, 15) is 18.0 Å². The van der Waals surface area contributed by atoms with Gasteiger partial charge in [-0.3, -0.25) is 9.69 Å². The third-order valence-electron chi connectivity index (χ3n) is 2.50. The van der Waals surface area contributed by atoms with Gasteiger partial charge in [-0.05, 0) is 32.9 Å². The number of likely N-dealkylation sites (tertiary alicyclic amines) is 1. The van der Waals surface area contributed by atoms with E-state index in [2.05, 4.69) is 0 Å². The molecule has 0 radical (unpaired) electrons. The summed E-state index contributed by atoms with van der Waals surface area (Å²) in [6.07, 6.45) is -3.82. The summed E-state index contributed by atoms with van der Waals surface area (Å²) in [6.45, 7) is 2.49. The normalized spacial score (nSPS) is 21.1. The zero-order chi connectivity index (χ0) is 10.8. The fourth-order valence-electron chi connectivity index (χ4n) is 1.73. The number of halogens is 3. The summed E-state index contributed by atoms with van der Waals surface area (Å²) in [5.41, 5.74) is 0. The van der Waals surface area contributed by atoms with Crippen molar-refractivity contribution in [3.8, 4) is 0 Å². The van der Waals surface area contributed by atoms with Crippen molar-refractivity contribution >= 4 is 5.78 Å². The molecule has 5 heteroatoms. The van der Waals surface area contributed by atoms with Gasteiger partial charge in [-0.15, -0.1) is 0 Å². The van der Waals surface area contributed by atoms with Crippen LogP contribution in [-0.2, 0) is 4.79 Å². The summed E-state index contributed by atoms with van der Waals surface area (Å²) in [6, 6.07) is 0. The summed E-state index contributed by atoms with van der Waals surface area (Å²) in [4.78, 5) is 12.5. The first-order chi connectivity index (χ1) is 6.39. The average Bonchev–Trinajstić information content (AvgIpc) is 2.02. The maximum absolute atomic E-state index is 12.2. The van der Waals surface area contributed by atoms with Crippen LogP contribution in [0.2, 0.25) is 0 Å². The van der Waals surface area contributed by atoms with Gasteiger partial charge < -0.3 is 0 Å². The summed E-state index contributed by atoms with van der Waals surface area (Å²) < 4.78 is 36.7. The third kappa shape index (κ3) is 3.29. The van der Waals surface area contributed by atoms with Crippen LogP contribution >= 0.6 is 0 Å². The minimum Gasteiger partial charge on any atom is -0.299 e. The van der Waals surface area contributed by atoms with Crippen LogP contribution in [-0.4, -0.2) is 36.5 Å². The fourth-order valence-corrected chi connectivity index (χ4v) is 1.73. The minimum absolute atomic E-state index is 0.00968. The number of piperidine rings is 1. The Balaban J connectivity index is 2.35. The molecule has 1 fully saturated rings. The van der Waals surface area contributed by atoms with E-state index in [0.29, 0.717) is 13.1 Å². The maximum atomic E-state index is 12.2. The first-order valence-corrected chi connectivity index (χ1v) is 4.68. The van der Waals surface area contributed by atoms with Gasteiger partial charge in [-0.25, -0.2) is 0 Å². The highest BCUT2D eigenvalue weighted by molar-refractivity contribution is 5.77. The Kier molecular flexibility index (Phi) is 3.53. The molecule has 1 aliphatic rings. The van der Waals surface area contributed by atoms with E-state index < -0.39 is 12.1 Å². The molecule has 0 aromatic carbocycles. The highest BCUT2D eigenvalue weighted by atomic mass is 19.4. The smallest absolute Gasteiger partial charge is 0.299 e. The largest absolute Gasteiger partial charge is 0.391 e. The summed E-state index contributed by atoms with van der Waals surface area (Å²) >= 11 is 0. The number of carbonyl (C=O) groups is 1.